The Labute approximate surface area is 226 Å². The van der Waals surface area contributed by atoms with Crippen molar-refractivity contribution in [1.82, 2.24) is 14.8 Å². The third-order valence-corrected chi connectivity index (χ3v) is 8.68. The lowest BCUT2D eigenvalue weighted by Gasteiger charge is -2.47. The lowest BCUT2D eigenvalue weighted by atomic mass is 9.67. The van der Waals surface area contributed by atoms with Crippen molar-refractivity contribution in [2.75, 3.05) is 32.8 Å². The maximum Gasteiger partial charge on any atom is 0.395 e. The van der Waals surface area contributed by atoms with E-state index in [1.165, 1.54) is 17.0 Å². The summed E-state index contributed by atoms with van der Waals surface area (Å²) in [6, 6.07) is 7.71. The van der Waals surface area contributed by atoms with Crippen molar-refractivity contribution >= 4 is 5.91 Å². The molecule has 1 aromatic carbocycles. The summed E-state index contributed by atoms with van der Waals surface area (Å²) in [4.78, 5) is 20.6. The van der Waals surface area contributed by atoms with Crippen molar-refractivity contribution < 1.29 is 32.2 Å². The van der Waals surface area contributed by atoms with Gasteiger partial charge in [-0.05, 0) is 82.3 Å². The molecule has 5 rings (SSSR count). The normalized spacial score (nSPS) is 24.0. The molecule has 0 unspecified atom stereocenters. The number of carbonyl (C=O) groups excluding carboxylic acids is 1. The van der Waals surface area contributed by atoms with Gasteiger partial charge in [-0.15, -0.1) is 0 Å². The Morgan fingerprint density at radius 1 is 1.18 bits per heavy atom. The Balaban J connectivity index is 1.11. The van der Waals surface area contributed by atoms with Gasteiger partial charge in [0.1, 0.15) is 11.6 Å². The highest BCUT2D eigenvalue weighted by Crippen LogP contribution is 2.53. The van der Waals surface area contributed by atoms with Gasteiger partial charge in [0.2, 0.25) is 0 Å². The first kappa shape index (κ1) is 27.8. The lowest BCUT2D eigenvalue weighted by Crippen LogP contribution is -2.53. The third-order valence-electron chi connectivity index (χ3n) is 8.68. The summed E-state index contributed by atoms with van der Waals surface area (Å²) < 4.78 is 61.2. The van der Waals surface area contributed by atoms with E-state index in [-0.39, 0.29) is 43.5 Å². The van der Waals surface area contributed by atoms with Crippen LogP contribution in [0.15, 0.2) is 36.5 Å². The number of alkyl halides is 3. The second kappa shape index (κ2) is 11.0. The number of nitrogens with zero attached hydrogens (tertiary/aromatic N) is 3. The molecule has 3 fully saturated rings. The van der Waals surface area contributed by atoms with Crippen molar-refractivity contribution in [1.29, 1.82) is 0 Å². The van der Waals surface area contributed by atoms with Crippen LogP contribution in [0.2, 0.25) is 0 Å². The number of pyridine rings is 1. The molecule has 2 aliphatic heterocycles. The molecule has 3 aliphatic rings. The molecule has 6 nitrogen and oxygen atoms in total. The number of halogens is 4. The number of aliphatic hydroxyl groups excluding tert-OH is 1. The van der Waals surface area contributed by atoms with E-state index in [4.69, 9.17) is 4.74 Å². The van der Waals surface area contributed by atoms with Crippen molar-refractivity contribution in [3.8, 4) is 17.0 Å². The van der Waals surface area contributed by atoms with E-state index in [1.54, 1.807) is 24.4 Å². The van der Waals surface area contributed by atoms with Crippen molar-refractivity contribution in [2.45, 2.75) is 63.8 Å². The van der Waals surface area contributed by atoms with Gasteiger partial charge in [-0.3, -0.25) is 9.78 Å². The maximum atomic E-state index is 14.8. The quantitative estimate of drug-likeness (QED) is 0.475. The molecule has 0 radical (unpaired) electrons. The smallest absolute Gasteiger partial charge is 0.395 e. The maximum absolute atomic E-state index is 14.8. The Kier molecular flexibility index (Phi) is 7.88. The molecule has 1 saturated carbocycles. The van der Waals surface area contributed by atoms with Crippen LogP contribution >= 0.6 is 0 Å². The Bertz CT molecular complexity index is 1160. The van der Waals surface area contributed by atoms with Crippen LogP contribution in [0.3, 0.4) is 0 Å². The van der Waals surface area contributed by atoms with Gasteiger partial charge in [-0.25, -0.2) is 4.39 Å². The number of β-amino-alcohol motifs (C(OH)–C–C–N with tert-alkyl or cyclic N) is 1. The third kappa shape index (κ3) is 5.91. The van der Waals surface area contributed by atoms with E-state index in [1.807, 2.05) is 11.8 Å². The first-order valence-electron chi connectivity index (χ1n) is 13.7. The van der Waals surface area contributed by atoms with Crippen LogP contribution in [0.25, 0.3) is 11.3 Å². The van der Waals surface area contributed by atoms with Gasteiger partial charge < -0.3 is 19.6 Å². The zero-order chi connectivity index (χ0) is 27.8. The average Bonchev–Trinajstić information content (AvgIpc) is 3.22. The Morgan fingerprint density at radius 3 is 2.46 bits per heavy atom. The average molecular weight is 550 g/mol. The second-order valence-electron chi connectivity index (χ2n) is 11.4. The van der Waals surface area contributed by atoms with Crippen LogP contribution in [-0.2, 0) is 0 Å². The van der Waals surface area contributed by atoms with Gasteiger partial charge in [0.15, 0.2) is 0 Å². The largest absolute Gasteiger partial charge is 0.492 e. The van der Waals surface area contributed by atoms with Crippen molar-refractivity contribution in [3.05, 3.63) is 47.9 Å². The number of rotatable bonds is 7. The summed E-state index contributed by atoms with van der Waals surface area (Å²) in [6.45, 7) is 3.89. The molecule has 1 amide bonds. The number of aliphatic hydroxyl groups is 1. The van der Waals surface area contributed by atoms with E-state index in [2.05, 4.69) is 4.98 Å². The van der Waals surface area contributed by atoms with Gasteiger partial charge in [-0.1, -0.05) is 12.5 Å². The highest BCUT2D eigenvalue weighted by Gasteiger charge is 2.58. The van der Waals surface area contributed by atoms with E-state index in [0.29, 0.717) is 49.5 Å². The number of hydrogen-bond acceptors (Lipinski definition) is 5. The molecular formula is C29H35F4N3O3. The fraction of sp³-hybridized carbons (Fsp3) is 0.586. The SMILES string of the molecule is C[C@H]1C[C@@H](O)CN1C(=O)c1ccc(-c2ccc(OCC3CCN(CC4(C(F)(F)F)CCC4)CC3)cn2)cc1F. The molecule has 1 N–H and O–H groups in total. The fourth-order valence-electron chi connectivity index (χ4n) is 6.01. The lowest BCUT2D eigenvalue weighted by molar-refractivity contribution is -0.256. The topological polar surface area (TPSA) is 65.9 Å². The summed E-state index contributed by atoms with van der Waals surface area (Å²) >= 11 is 0. The molecule has 2 atom stereocenters. The number of likely N-dealkylation sites (tertiary alicyclic amines) is 2. The minimum Gasteiger partial charge on any atom is -0.492 e. The van der Waals surface area contributed by atoms with E-state index >= 15 is 0 Å². The van der Waals surface area contributed by atoms with Gasteiger partial charge in [0.25, 0.3) is 5.91 Å². The number of hydrogen-bond donors (Lipinski definition) is 1. The molecule has 0 spiro atoms. The monoisotopic (exact) mass is 549 g/mol. The predicted molar refractivity (Wildman–Crippen MR) is 138 cm³/mol. The summed E-state index contributed by atoms with van der Waals surface area (Å²) in [6.07, 6.45) is 0.0295. The minimum atomic E-state index is -4.13. The van der Waals surface area contributed by atoms with Crippen LogP contribution < -0.4 is 4.74 Å². The molecule has 2 saturated heterocycles. The van der Waals surface area contributed by atoms with Gasteiger partial charge in [-0.2, -0.15) is 13.2 Å². The minimum absolute atomic E-state index is 0.0352. The van der Waals surface area contributed by atoms with Crippen LogP contribution in [-0.4, -0.2) is 76.9 Å². The molecule has 3 heterocycles. The van der Waals surface area contributed by atoms with Gasteiger partial charge in [0.05, 0.1) is 35.6 Å². The summed E-state index contributed by atoms with van der Waals surface area (Å²) in [7, 11) is 0. The van der Waals surface area contributed by atoms with E-state index < -0.39 is 29.4 Å². The summed E-state index contributed by atoms with van der Waals surface area (Å²) in [5.74, 6) is -0.241. The zero-order valence-corrected chi connectivity index (χ0v) is 22.1. The number of amides is 1. The fourth-order valence-corrected chi connectivity index (χ4v) is 6.01. The standard InChI is InChI=1S/C29H35F4N3O3/c1-19-13-22(37)16-36(19)27(38)24-5-3-21(14-25(24)30)26-6-4-23(15-34-26)39-17-20-7-11-35(12-8-20)18-28(9-2-10-28)29(31,32)33/h3-6,14-15,19-20,22,37H,2,7-13,16-18H2,1H3/t19-,22+/m0/s1. The molecule has 0 bridgehead atoms. The first-order valence-corrected chi connectivity index (χ1v) is 13.7. The van der Waals surface area contributed by atoms with Crippen LogP contribution in [0.4, 0.5) is 17.6 Å². The highest BCUT2D eigenvalue weighted by molar-refractivity contribution is 5.95. The van der Waals surface area contributed by atoms with Crippen LogP contribution in [0, 0.1) is 17.2 Å². The molecule has 212 valence electrons. The molecule has 1 aromatic heterocycles. The summed E-state index contributed by atoms with van der Waals surface area (Å²) in [5, 5.41) is 9.80. The highest BCUT2D eigenvalue weighted by atomic mass is 19.4. The van der Waals surface area contributed by atoms with Crippen LogP contribution in [0.5, 0.6) is 5.75 Å². The van der Waals surface area contributed by atoms with Crippen LogP contribution in [0.1, 0.15) is 55.8 Å². The number of ether oxygens (including phenoxy) is 1. The first-order chi connectivity index (χ1) is 18.5. The van der Waals surface area contributed by atoms with E-state index in [9.17, 15) is 27.5 Å². The number of piperidine rings is 1. The second-order valence-corrected chi connectivity index (χ2v) is 11.4. The summed E-state index contributed by atoms with van der Waals surface area (Å²) in [5.41, 5.74) is -0.487. The molecule has 2 aromatic rings. The van der Waals surface area contributed by atoms with E-state index in [0.717, 1.165) is 12.8 Å². The van der Waals surface area contributed by atoms with Gasteiger partial charge >= 0.3 is 6.18 Å². The Morgan fingerprint density at radius 2 is 1.92 bits per heavy atom. The van der Waals surface area contributed by atoms with Gasteiger partial charge in [0, 0.05) is 24.7 Å². The molecule has 10 heteroatoms. The molecular weight excluding hydrogens is 514 g/mol. The zero-order valence-electron chi connectivity index (χ0n) is 22.1. The number of carbonyl (C=O) groups is 1. The number of aromatic nitrogens is 1. The molecule has 1 aliphatic carbocycles. The predicted octanol–water partition coefficient (Wildman–Crippen LogP) is 5.31. The van der Waals surface area contributed by atoms with Crippen molar-refractivity contribution in [2.24, 2.45) is 11.3 Å². The van der Waals surface area contributed by atoms with Crippen molar-refractivity contribution in [3.63, 3.8) is 0 Å². The Hall–Kier alpha value is -2.72. The number of benzene rings is 1. The molecule has 39 heavy (non-hydrogen) atoms.